The molecule has 0 spiro atoms. The lowest BCUT2D eigenvalue weighted by molar-refractivity contribution is 0.311. The summed E-state index contributed by atoms with van der Waals surface area (Å²) in [6, 6.07) is 3.30. The van der Waals surface area contributed by atoms with Crippen molar-refractivity contribution in [3.63, 3.8) is 0 Å². The topological polar surface area (TPSA) is 104 Å². The summed E-state index contributed by atoms with van der Waals surface area (Å²) in [5, 5.41) is 35.3. The fourth-order valence-corrected chi connectivity index (χ4v) is 1.93. The largest absolute Gasteiger partial charge is 0.508 e. The van der Waals surface area contributed by atoms with E-state index in [1.807, 2.05) is 6.92 Å². The van der Waals surface area contributed by atoms with Gasteiger partial charge in [0.15, 0.2) is 5.84 Å². The van der Waals surface area contributed by atoms with Crippen LogP contribution in [0.4, 0.5) is 11.4 Å². The molecule has 0 bridgehead atoms. The van der Waals surface area contributed by atoms with Crippen molar-refractivity contribution in [2.24, 2.45) is 10.1 Å². The Hall–Kier alpha value is -2.41. The third-order valence-electron chi connectivity index (χ3n) is 3.10. The molecule has 1 aromatic rings. The number of anilines is 1. The van der Waals surface area contributed by atoms with Crippen molar-refractivity contribution in [1.82, 2.24) is 5.01 Å². The Labute approximate surface area is 123 Å². The van der Waals surface area contributed by atoms with Gasteiger partial charge in [-0.2, -0.15) is 5.10 Å². The number of phenolic OH excluding ortho intramolecular Hbond substituents is 1. The summed E-state index contributed by atoms with van der Waals surface area (Å²) in [5.41, 5.74) is 2.37. The molecule has 0 amide bonds. The molecular formula is C14H19N5O2. The number of nitrogens with zero attached hydrogens (tertiary/aromatic N) is 3. The molecule has 4 N–H and O–H groups in total. The van der Waals surface area contributed by atoms with Crippen LogP contribution in [0.25, 0.3) is 0 Å². The van der Waals surface area contributed by atoms with Gasteiger partial charge in [-0.05, 0) is 25.5 Å². The first-order valence-corrected chi connectivity index (χ1v) is 6.74. The standard InChI is InChI=1S/C14H19N5O2/c1-3-19-14(15)12(8-17-19)18-11-6-9(2)13(21)7-10(11)16-4-5-20/h6-8,15-16,20-21H,3-5H2,1-2H3. The normalized spacial score (nSPS) is 16.0. The number of aryl methyl sites for hydroxylation is 1. The van der Waals surface area contributed by atoms with E-state index in [4.69, 9.17) is 10.5 Å². The molecule has 2 rings (SSSR count). The number of aliphatic hydroxyl groups is 1. The van der Waals surface area contributed by atoms with E-state index in [1.165, 1.54) is 0 Å². The maximum absolute atomic E-state index is 9.79. The molecule has 1 aliphatic rings. The molecule has 7 nitrogen and oxygen atoms in total. The molecule has 0 saturated heterocycles. The average Bonchev–Trinajstić information content (AvgIpc) is 2.81. The summed E-state index contributed by atoms with van der Waals surface area (Å²) in [6.07, 6.45) is 1.55. The highest BCUT2D eigenvalue weighted by atomic mass is 16.3. The summed E-state index contributed by atoms with van der Waals surface area (Å²) in [4.78, 5) is 4.44. The second kappa shape index (κ2) is 6.36. The van der Waals surface area contributed by atoms with Gasteiger partial charge in [-0.3, -0.25) is 5.41 Å². The number of amidine groups is 1. The van der Waals surface area contributed by atoms with Crippen molar-refractivity contribution < 1.29 is 10.2 Å². The van der Waals surface area contributed by atoms with Crippen LogP contribution in [0, 0.1) is 12.3 Å². The molecule has 1 aromatic carbocycles. The fraction of sp³-hybridized carbons (Fsp3) is 0.357. The van der Waals surface area contributed by atoms with Gasteiger partial charge in [0.25, 0.3) is 0 Å². The van der Waals surface area contributed by atoms with Crippen LogP contribution in [-0.4, -0.2) is 52.7 Å². The fourth-order valence-electron chi connectivity index (χ4n) is 1.93. The second-order valence-electron chi connectivity index (χ2n) is 4.61. The molecule has 0 radical (unpaired) electrons. The smallest absolute Gasteiger partial charge is 0.169 e. The minimum atomic E-state index is -0.0223. The van der Waals surface area contributed by atoms with Crippen molar-refractivity contribution in [3.05, 3.63) is 17.7 Å². The SMILES string of the molecule is CCN1N=CC(=Nc2cc(C)c(O)cc2NCCO)C1=N. The molecule has 0 aromatic heterocycles. The summed E-state index contributed by atoms with van der Waals surface area (Å²) < 4.78 is 0. The van der Waals surface area contributed by atoms with E-state index in [0.29, 0.717) is 35.7 Å². The monoisotopic (exact) mass is 289 g/mol. The third-order valence-corrected chi connectivity index (χ3v) is 3.10. The van der Waals surface area contributed by atoms with Gasteiger partial charge >= 0.3 is 0 Å². The van der Waals surface area contributed by atoms with Gasteiger partial charge < -0.3 is 15.5 Å². The number of rotatable bonds is 5. The molecule has 7 heteroatoms. The lowest BCUT2D eigenvalue weighted by Crippen LogP contribution is -2.25. The van der Waals surface area contributed by atoms with Crippen LogP contribution < -0.4 is 5.32 Å². The van der Waals surface area contributed by atoms with E-state index < -0.39 is 0 Å². The molecule has 0 atom stereocenters. The van der Waals surface area contributed by atoms with Gasteiger partial charge in [0, 0.05) is 19.2 Å². The predicted molar refractivity (Wildman–Crippen MR) is 84.1 cm³/mol. The summed E-state index contributed by atoms with van der Waals surface area (Å²) in [7, 11) is 0. The van der Waals surface area contributed by atoms with E-state index in [1.54, 1.807) is 30.3 Å². The highest BCUT2D eigenvalue weighted by molar-refractivity contribution is 6.63. The first-order chi connectivity index (χ1) is 10.1. The summed E-state index contributed by atoms with van der Waals surface area (Å²) in [6.45, 7) is 4.63. The summed E-state index contributed by atoms with van der Waals surface area (Å²) in [5.74, 6) is 0.404. The van der Waals surface area contributed by atoms with Crippen molar-refractivity contribution in [2.75, 3.05) is 25.0 Å². The lowest BCUT2D eigenvalue weighted by Gasteiger charge is -2.12. The molecule has 112 valence electrons. The van der Waals surface area contributed by atoms with E-state index in [-0.39, 0.29) is 18.2 Å². The first-order valence-electron chi connectivity index (χ1n) is 6.74. The van der Waals surface area contributed by atoms with Crippen molar-refractivity contribution in [3.8, 4) is 5.75 Å². The molecular weight excluding hydrogens is 270 g/mol. The van der Waals surface area contributed by atoms with Crippen molar-refractivity contribution in [1.29, 1.82) is 5.41 Å². The molecule has 21 heavy (non-hydrogen) atoms. The maximum atomic E-state index is 9.79. The Morgan fingerprint density at radius 2 is 2.19 bits per heavy atom. The minimum absolute atomic E-state index is 0.0223. The van der Waals surface area contributed by atoms with Gasteiger partial charge in [-0.25, -0.2) is 10.0 Å². The van der Waals surface area contributed by atoms with E-state index in [0.717, 1.165) is 0 Å². The average molecular weight is 289 g/mol. The van der Waals surface area contributed by atoms with Crippen LogP contribution in [0.1, 0.15) is 12.5 Å². The Kier molecular flexibility index (Phi) is 4.54. The number of aliphatic imine (C=N–C) groups is 1. The van der Waals surface area contributed by atoms with Crippen LogP contribution in [0.3, 0.4) is 0 Å². The minimum Gasteiger partial charge on any atom is -0.508 e. The zero-order valence-electron chi connectivity index (χ0n) is 12.1. The van der Waals surface area contributed by atoms with Crippen LogP contribution in [0.15, 0.2) is 22.2 Å². The van der Waals surface area contributed by atoms with Crippen LogP contribution in [0.5, 0.6) is 5.75 Å². The number of nitrogens with one attached hydrogen (secondary N) is 2. The van der Waals surface area contributed by atoms with Gasteiger partial charge in [-0.15, -0.1) is 0 Å². The highest BCUT2D eigenvalue weighted by Crippen LogP contribution is 2.32. The molecule has 0 saturated carbocycles. The highest BCUT2D eigenvalue weighted by Gasteiger charge is 2.19. The Morgan fingerprint density at radius 3 is 2.81 bits per heavy atom. The number of aromatic hydroxyl groups is 1. The number of hydrogen-bond donors (Lipinski definition) is 4. The van der Waals surface area contributed by atoms with Gasteiger partial charge in [0.2, 0.25) is 0 Å². The van der Waals surface area contributed by atoms with Crippen LogP contribution in [-0.2, 0) is 0 Å². The Bertz CT molecular complexity index is 610. The van der Waals surface area contributed by atoms with E-state index in [9.17, 15) is 5.11 Å². The van der Waals surface area contributed by atoms with Gasteiger partial charge in [0.1, 0.15) is 11.5 Å². The third kappa shape index (κ3) is 3.19. The number of benzene rings is 1. The number of aliphatic hydroxyl groups excluding tert-OH is 1. The predicted octanol–water partition coefficient (Wildman–Crippen LogP) is 1.48. The summed E-state index contributed by atoms with van der Waals surface area (Å²) >= 11 is 0. The Balaban J connectivity index is 2.37. The van der Waals surface area contributed by atoms with Gasteiger partial charge in [-0.1, -0.05) is 0 Å². The zero-order valence-corrected chi connectivity index (χ0v) is 12.1. The zero-order chi connectivity index (χ0) is 15.4. The van der Waals surface area contributed by atoms with Crippen LogP contribution in [0.2, 0.25) is 0 Å². The lowest BCUT2D eigenvalue weighted by atomic mass is 10.1. The van der Waals surface area contributed by atoms with Crippen molar-refractivity contribution in [2.45, 2.75) is 13.8 Å². The van der Waals surface area contributed by atoms with E-state index in [2.05, 4.69) is 15.4 Å². The molecule has 0 fully saturated rings. The number of hydrogen-bond acceptors (Lipinski definition) is 6. The number of hydrazone groups is 1. The van der Waals surface area contributed by atoms with E-state index >= 15 is 0 Å². The van der Waals surface area contributed by atoms with Gasteiger partial charge in [0.05, 0.1) is 24.2 Å². The number of phenols is 1. The first kappa shape index (κ1) is 15.0. The molecule has 1 heterocycles. The molecule has 1 aliphatic heterocycles. The maximum Gasteiger partial charge on any atom is 0.169 e. The van der Waals surface area contributed by atoms with Crippen molar-refractivity contribution >= 4 is 29.1 Å². The quantitative estimate of drug-likeness (QED) is 0.659. The molecule has 0 unspecified atom stereocenters. The Morgan fingerprint density at radius 1 is 1.43 bits per heavy atom. The molecule has 0 aliphatic carbocycles. The second-order valence-corrected chi connectivity index (χ2v) is 4.61. The van der Waals surface area contributed by atoms with Crippen LogP contribution >= 0.6 is 0 Å².